The largest absolute Gasteiger partial charge is 0.315 e. The van der Waals surface area contributed by atoms with E-state index in [1.54, 1.807) is 0 Å². The van der Waals surface area contributed by atoms with Gasteiger partial charge in [0.15, 0.2) is 0 Å². The molecule has 0 aliphatic carbocycles. The quantitative estimate of drug-likeness (QED) is 0.718. The van der Waals surface area contributed by atoms with Crippen LogP contribution in [0.2, 0.25) is 0 Å². The Kier molecular flexibility index (Phi) is 5.10. The maximum atomic E-state index is 10.7. The molecule has 0 aromatic heterocycles. The van der Waals surface area contributed by atoms with Crippen molar-refractivity contribution in [3.63, 3.8) is 0 Å². The molecule has 0 aliphatic heterocycles. The van der Waals surface area contributed by atoms with Crippen LogP contribution in [0.25, 0.3) is 0 Å². The second kappa shape index (κ2) is 6.13. The lowest BCUT2D eigenvalue weighted by atomic mass is 10.1. The van der Waals surface area contributed by atoms with E-state index in [1.807, 2.05) is 37.3 Å². The van der Waals surface area contributed by atoms with Gasteiger partial charge in [-0.05, 0) is 18.4 Å². The summed E-state index contributed by atoms with van der Waals surface area (Å²) in [5.74, 6) is 0. The molecule has 0 fully saturated rings. The third-order valence-electron chi connectivity index (χ3n) is 1.99. The van der Waals surface area contributed by atoms with Gasteiger partial charge in [-0.1, -0.05) is 37.3 Å². The van der Waals surface area contributed by atoms with Gasteiger partial charge in [-0.25, -0.2) is 4.57 Å². The first-order valence-electron chi connectivity index (χ1n) is 4.56. The summed E-state index contributed by atoms with van der Waals surface area (Å²) >= 11 is 5.30. The van der Waals surface area contributed by atoms with E-state index in [-0.39, 0.29) is 6.10 Å². The number of hydrogen-bond acceptors (Lipinski definition) is 2. The minimum atomic E-state index is -2.02. The standard InChI is InChI=1S/C10H13ClO2P/c1-2-10(13-14(11)12)8-9-6-4-3-5-7-9/h3-7,10H,2,8H2,1H3. The Morgan fingerprint density at radius 1 is 1.43 bits per heavy atom. The van der Waals surface area contributed by atoms with Crippen LogP contribution in [0.15, 0.2) is 30.3 Å². The molecule has 1 rings (SSSR count). The first-order chi connectivity index (χ1) is 6.72. The molecule has 0 bridgehead atoms. The van der Waals surface area contributed by atoms with Crippen LogP contribution in [0, 0.1) is 0 Å². The van der Waals surface area contributed by atoms with Gasteiger partial charge in [0.1, 0.15) is 0 Å². The molecular weight excluding hydrogens is 219 g/mol. The monoisotopic (exact) mass is 231 g/mol. The fourth-order valence-electron chi connectivity index (χ4n) is 1.25. The summed E-state index contributed by atoms with van der Waals surface area (Å²) in [5.41, 5.74) is 1.17. The summed E-state index contributed by atoms with van der Waals surface area (Å²) in [5, 5.41) is 0. The summed E-state index contributed by atoms with van der Waals surface area (Å²) in [6.07, 6.45) is 1.51. The predicted molar refractivity (Wildman–Crippen MR) is 58.8 cm³/mol. The highest BCUT2D eigenvalue weighted by Crippen LogP contribution is 2.31. The highest BCUT2D eigenvalue weighted by molar-refractivity contribution is 7.69. The number of benzene rings is 1. The lowest BCUT2D eigenvalue weighted by molar-refractivity contribution is 0.216. The maximum absolute atomic E-state index is 10.7. The van der Waals surface area contributed by atoms with Crippen LogP contribution in [-0.2, 0) is 15.5 Å². The molecule has 0 heterocycles. The van der Waals surface area contributed by atoms with E-state index < -0.39 is 7.38 Å². The number of hydrogen-bond donors (Lipinski definition) is 0. The molecule has 77 valence electrons. The van der Waals surface area contributed by atoms with Crippen LogP contribution in [-0.4, -0.2) is 6.10 Å². The van der Waals surface area contributed by atoms with Gasteiger partial charge >= 0.3 is 7.38 Å². The summed E-state index contributed by atoms with van der Waals surface area (Å²) in [4.78, 5) is 0. The van der Waals surface area contributed by atoms with Crippen molar-refractivity contribution in [1.82, 2.24) is 0 Å². The fourth-order valence-corrected chi connectivity index (χ4v) is 2.05. The molecule has 2 nitrogen and oxygen atoms in total. The van der Waals surface area contributed by atoms with Gasteiger partial charge in [-0.15, -0.1) is 0 Å². The molecule has 2 atom stereocenters. The van der Waals surface area contributed by atoms with Crippen molar-refractivity contribution in [2.75, 3.05) is 0 Å². The maximum Gasteiger partial charge on any atom is 0.315 e. The third kappa shape index (κ3) is 4.19. The van der Waals surface area contributed by atoms with Crippen molar-refractivity contribution in [2.24, 2.45) is 0 Å². The first-order valence-corrected chi connectivity index (χ1v) is 6.64. The van der Waals surface area contributed by atoms with Gasteiger partial charge in [-0.2, -0.15) is 0 Å². The van der Waals surface area contributed by atoms with Crippen LogP contribution in [0.5, 0.6) is 0 Å². The molecule has 1 aromatic carbocycles. The number of rotatable bonds is 5. The summed E-state index contributed by atoms with van der Waals surface area (Å²) in [6.45, 7) is 1.99. The lowest BCUT2D eigenvalue weighted by Crippen LogP contribution is -2.10. The van der Waals surface area contributed by atoms with Gasteiger partial charge < -0.3 is 0 Å². The molecule has 0 N–H and O–H groups in total. The first kappa shape index (κ1) is 11.6. The zero-order valence-corrected chi connectivity index (χ0v) is 9.67. The smallest absolute Gasteiger partial charge is 0.289 e. The number of halogens is 1. The van der Waals surface area contributed by atoms with Gasteiger partial charge in [-0.3, -0.25) is 4.52 Å². The fraction of sp³-hybridized carbons (Fsp3) is 0.400. The Hall–Kier alpha value is -0.430. The molecule has 0 amide bonds. The summed E-state index contributed by atoms with van der Waals surface area (Å²) < 4.78 is 15.8. The zero-order chi connectivity index (χ0) is 10.4. The average Bonchev–Trinajstić information content (AvgIpc) is 2.17. The van der Waals surface area contributed by atoms with E-state index in [0.29, 0.717) is 0 Å². The molecule has 0 saturated heterocycles. The lowest BCUT2D eigenvalue weighted by Gasteiger charge is -2.12. The van der Waals surface area contributed by atoms with Crippen LogP contribution >= 0.6 is 18.6 Å². The van der Waals surface area contributed by atoms with Gasteiger partial charge in [0.2, 0.25) is 0 Å². The Morgan fingerprint density at radius 2 is 2.07 bits per heavy atom. The molecule has 0 saturated carbocycles. The second-order valence-electron chi connectivity index (χ2n) is 3.04. The SMILES string of the molecule is CCC(Cc1ccccc1)O[P](=O)Cl. The van der Waals surface area contributed by atoms with Gasteiger partial charge in [0.05, 0.1) is 6.10 Å². The molecule has 2 unspecified atom stereocenters. The van der Waals surface area contributed by atoms with Gasteiger partial charge in [0, 0.05) is 11.2 Å². The predicted octanol–water partition coefficient (Wildman–Crippen LogP) is 3.92. The van der Waals surface area contributed by atoms with E-state index in [2.05, 4.69) is 0 Å². The molecule has 0 aliphatic rings. The Balaban J connectivity index is 2.53. The Labute approximate surface area is 89.9 Å². The Morgan fingerprint density at radius 3 is 2.57 bits per heavy atom. The van der Waals surface area contributed by atoms with Crippen LogP contribution in [0.3, 0.4) is 0 Å². The minimum Gasteiger partial charge on any atom is -0.289 e. The van der Waals surface area contributed by atoms with E-state index in [1.165, 1.54) is 5.56 Å². The molecular formula is C10H13ClO2P. The van der Waals surface area contributed by atoms with E-state index in [9.17, 15) is 4.57 Å². The third-order valence-corrected chi connectivity index (χ3v) is 2.70. The topological polar surface area (TPSA) is 26.3 Å². The van der Waals surface area contributed by atoms with Crippen molar-refractivity contribution < 1.29 is 9.09 Å². The van der Waals surface area contributed by atoms with Crippen LogP contribution in [0.1, 0.15) is 18.9 Å². The van der Waals surface area contributed by atoms with Crippen molar-refractivity contribution >= 4 is 18.6 Å². The highest BCUT2D eigenvalue weighted by Gasteiger charge is 2.10. The van der Waals surface area contributed by atoms with E-state index in [0.717, 1.165) is 12.8 Å². The Bertz CT molecular complexity index is 289. The van der Waals surface area contributed by atoms with Crippen molar-refractivity contribution in [1.29, 1.82) is 0 Å². The van der Waals surface area contributed by atoms with Crippen LogP contribution in [0.4, 0.5) is 0 Å². The van der Waals surface area contributed by atoms with Gasteiger partial charge in [0.25, 0.3) is 0 Å². The minimum absolute atomic E-state index is 0.0569. The normalized spacial score (nSPS) is 13.7. The molecule has 0 spiro atoms. The highest BCUT2D eigenvalue weighted by atomic mass is 35.7. The molecule has 4 heteroatoms. The van der Waals surface area contributed by atoms with Crippen molar-refractivity contribution in [3.8, 4) is 0 Å². The molecule has 1 radical (unpaired) electrons. The molecule has 1 aromatic rings. The summed E-state index contributed by atoms with van der Waals surface area (Å²) in [6, 6.07) is 9.96. The van der Waals surface area contributed by atoms with E-state index >= 15 is 0 Å². The van der Waals surface area contributed by atoms with Crippen molar-refractivity contribution in [3.05, 3.63) is 35.9 Å². The zero-order valence-electron chi connectivity index (χ0n) is 8.02. The van der Waals surface area contributed by atoms with Crippen LogP contribution < -0.4 is 0 Å². The second-order valence-corrected chi connectivity index (χ2v) is 4.50. The van der Waals surface area contributed by atoms with E-state index in [4.69, 9.17) is 15.8 Å². The van der Waals surface area contributed by atoms with Crippen molar-refractivity contribution in [2.45, 2.75) is 25.9 Å². The molecule has 14 heavy (non-hydrogen) atoms. The average molecular weight is 232 g/mol. The summed E-state index contributed by atoms with van der Waals surface area (Å²) in [7, 11) is -2.02.